The average Bonchev–Trinajstić information content (AvgIpc) is 2.03. The molecule has 2 N–H and O–H groups in total. The second kappa shape index (κ2) is 3.00. The summed E-state index contributed by atoms with van der Waals surface area (Å²) in [7, 11) is -3.75. The van der Waals surface area contributed by atoms with Crippen molar-refractivity contribution < 1.29 is 13.2 Å². The summed E-state index contributed by atoms with van der Waals surface area (Å²) in [6.07, 6.45) is 1.71. The molecule has 0 radical (unpaired) electrons. The van der Waals surface area contributed by atoms with Crippen LogP contribution in [0.4, 0.5) is 0 Å². The van der Waals surface area contributed by atoms with Crippen LogP contribution in [0.3, 0.4) is 0 Å². The zero-order chi connectivity index (χ0) is 9.19. The molecule has 0 fully saturated rings. The average molecular weight is 186 g/mol. The molecule has 1 rings (SSSR count). The molecule has 0 saturated carbocycles. The first kappa shape index (κ1) is 8.82. The third-order valence-corrected chi connectivity index (χ3v) is 2.01. The molecule has 1 aromatic heterocycles. The SMILES string of the molecule is NS(=O)(=O)c1ccc(C=O)cn1. The fourth-order valence-electron chi connectivity index (χ4n) is 0.630. The molecule has 0 bridgehead atoms. The zero-order valence-corrected chi connectivity index (χ0v) is 6.78. The monoisotopic (exact) mass is 186 g/mol. The molecule has 64 valence electrons. The number of carbonyl (C=O) groups is 1. The number of primary sulfonamides is 1. The van der Waals surface area contributed by atoms with Gasteiger partial charge in [0.15, 0.2) is 11.3 Å². The summed E-state index contributed by atoms with van der Waals surface area (Å²) >= 11 is 0. The van der Waals surface area contributed by atoms with Gasteiger partial charge in [0, 0.05) is 11.8 Å². The number of pyridine rings is 1. The number of nitrogens with two attached hydrogens (primary N) is 1. The molecule has 0 aliphatic rings. The molecule has 1 aromatic rings. The number of aldehydes is 1. The summed E-state index contributed by atoms with van der Waals surface area (Å²) in [5, 5.41) is 4.53. The second-order valence-corrected chi connectivity index (χ2v) is 3.60. The van der Waals surface area contributed by atoms with Gasteiger partial charge in [0.25, 0.3) is 10.0 Å². The fourth-order valence-corrected chi connectivity index (χ4v) is 1.09. The van der Waals surface area contributed by atoms with Crippen molar-refractivity contribution in [2.75, 3.05) is 0 Å². The summed E-state index contributed by atoms with van der Waals surface area (Å²) < 4.78 is 21.3. The highest BCUT2D eigenvalue weighted by molar-refractivity contribution is 7.89. The highest BCUT2D eigenvalue weighted by Crippen LogP contribution is 2.02. The van der Waals surface area contributed by atoms with E-state index in [0.29, 0.717) is 11.8 Å². The molecule has 0 aliphatic carbocycles. The van der Waals surface area contributed by atoms with Crippen molar-refractivity contribution in [2.24, 2.45) is 5.14 Å². The maximum atomic E-state index is 10.7. The Morgan fingerprint density at radius 2 is 2.08 bits per heavy atom. The van der Waals surface area contributed by atoms with Crippen LogP contribution < -0.4 is 5.14 Å². The maximum absolute atomic E-state index is 10.7. The molecule has 0 unspecified atom stereocenters. The van der Waals surface area contributed by atoms with Crippen LogP contribution in [0.15, 0.2) is 23.4 Å². The predicted octanol–water partition coefficient (Wildman–Crippen LogP) is -0.459. The molecular weight excluding hydrogens is 180 g/mol. The molecule has 0 amide bonds. The van der Waals surface area contributed by atoms with Crippen LogP contribution in [0.2, 0.25) is 0 Å². The van der Waals surface area contributed by atoms with Gasteiger partial charge in [-0.3, -0.25) is 4.79 Å². The first-order chi connectivity index (χ1) is 5.54. The van der Waals surface area contributed by atoms with Crippen LogP contribution in [-0.4, -0.2) is 19.7 Å². The van der Waals surface area contributed by atoms with Gasteiger partial charge in [0.05, 0.1) is 0 Å². The normalized spacial score (nSPS) is 11.1. The molecule has 0 spiro atoms. The standard InChI is InChI=1S/C6H6N2O3S/c7-12(10,11)6-2-1-5(4-9)3-8-6/h1-4H,(H2,7,10,11). The molecule has 0 aromatic carbocycles. The number of nitrogens with zero attached hydrogens (tertiary/aromatic N) is 1. The topological polar surface area (TPSA) is 90.1 Å². The minimum atomic E-state index is -3.75. The van der Waals surface area contributed by atoms with Gasteiger partial charge in [-0.05, 0) is 12.1 Å². The lowest BCUT2D eigenvalue weighted by molar-refractivity contribution is 0.112. The van der Waals surface area contributed by atoms with Gasteiger partial charge in [-0.2, -0.15) is 0 Å². The van der Waals surface area contributed by atoms with Gasteiger partial charge in [-0.15, -0.1) is 0 Å². The Kier molecular flexibility index (Phi) is 2.20. The minimum Gasteiger partial charge on any atom is -0.298 e. The van der Waals surface area contributed by atoms with Crippen LogP contribution >= 0.6 is 0 Å². The van der Waals surface area contributed by atoms with E-state index >= 15 is 0 Å². The van der Waals surface area contributed by atoms with Crippen molar-refractivity contribution in [1.29, 1.82) is 0 Å². The number of carbonyl (C=O) groups excluding carboxylic acids is 1. The fraction of sp³-hybridized carbons (Fsp3) is 0. The molecule has 0 saturated heterocycles. The van der Waals surface area contributed by atoms with Gasteiger partial charge in [-0.1, -0.05) is 0 Å². The van der Waals surface area contributed by atoms with Crippen molar-refractivity contribution in [1.82, 2.24) is 4.98 Å². The van der Waals surface area contributed by atoms with E-state index in [-0.39, 0.29) is 5.03 Å². The Balaban J connectivity index is 3.17. The van der Waals surface area contributed by atoms with Crippen LogP contribution in [0.1, 0.15) is 10.4 Å². The number of hydrogen-bond acceptors (Lipinski definition) is 4. The van der Waals surface area contributed by atoms with Crippen molar-refractivity contribution in [2.45, 2.75) is 5.03 Å². The van der Waals surface area contributed by atoms with Gasteiger partial charge in [-0.25, -0.2) is 18.5 Å². The van der Waals surface area contributed by atoms with Crippen molar-refractivity contribution in [3.05, 3.63) is 23.9 Å². The Morgan fingerprint density at radius 1 is 1.42 bits per heavy atom. The Labute approximate surface area is 69.3 Å². The number of rotatable bonds is 2. The Morgan fingerprint density at radius 3 is 2.42 bits per heavy atom. The van der Waals surface area contributed by atoms with E-state index in [1.54, 1.807) is 0 Å². The third kappa shape index (κ3) is 1.86. The quantitative estimate of drug-likeness (QED) is 0.633. The summed E-state index contributed by atoms with van der Waals surface area (Å²) in [4.78, 5) is 13.6. The number of sulfonamides is 1. The van der Waals surface area contributed by atoms with E-state index in [1.807, 2.05) is 0 Å². The summed E-state index contributed by atoms with van der Waals surface area (Å²) in [5.41, 5.74) is 0.308. The van der Waals surface area contributed by atoms with Crippen LogP contribution in [0, 0.1) is 0 Å². The van der Waals surface area contributed by atoms with Gasteiger partial charge in [0.2, 0.25) is 0 Å². The number of aromatic nitrogens is 1. The van der Waals surface area contributed by atoms with Gasteiger partial charge in [0.1, 0.15) is 0 Å². The number of hydrogen-bond donors (Lipinski definition) is 1. The largest absolute Gasteiger partial charge is 0.298 e. The van der Waals surface area contributed by atoms with E-state index in [9.17, 15) is 13.2 Å². The second-order valence-electron chi connectivity index (χ2n) is 2.09. The molecule has 6 heteroatoms. The molecule has 5 nitrogen and oxygen atoms in total. The minimum absolute atomic E-state index is 0.242. The molecule has 12 heavy (non-hydrogen) atoms. The first-order valence-corrected chi connectivity index (χ1v) is 4.53. The van der Waals surface area contributed by atoms with E-state index in [0.717, 1.165) is 6.20 Å². The molecule has 0 atom stereocenters. The zero-order valence-electron chi connectivity index (χ0n) is 5.97. The summed E-state index contributed by atoms with van der Waals surface area (Å²) in [6.45, 7) is 0. The third-order valence-electron chi connectivity index (χ3n) is 1.19. The lowest BCUT2D eigenvalue weighted by Gasteiger charge is -1.95. The Hall–Kier alpha value is -1.27. The summed E-state index contributed by atoms with van der Waals surface area (Å²) in [6, 6.07) is 2.51. The highest BCUT2D eigenvalue weighted by Gasteiger charge is 2.07. The van der Waals surface area contributed by atoms with Crippen LogP contribution in [-0.2, 0) is 10.0 Å². The van der Waals surface area contributed by atoms with Crippen LogP contribution in [0.5, 0.6) is 0 Å². The summed E-state index contributed by atoms with van der Waals surface area (Å²) in [5.74, 6) is 0. The van der Waals surface area contributed by atoms with E-state index in [4.69, 9.17) is 5.14 Å². The predicted molar refractivity (Wildman–Crippen MR) is 41.0 cm³/mol. The molecule has 1 heterocycles. The van der Waals surface area contributed by atoms with Crippen LogP contribution in [0.25, 0.3) is 0 Å². The first-order valence-electron chi connectivity index (χ1n) is 2.98. The van der Waals surface area contributed by atoms with Crippen molar-refractivity contribution >= 4 is 16.3 Å². The van der Waals surface area contributed by atoms with E-state index < -0.39 is 10.0 Å². The van der Waals surface area contributed by atoms with Crippen molar-refractivity contribution in [3.63, 3.8) is 0 Å². The highest BCUT2D eigenvalue weighted by atomic mass is 32.2. The van der Waals surface area contributed by atoms with Gasteiger partial charge >= 0.3 is 0 Å². The Bertz CT molecular complexity index is 382. The van der Waals surface area contributed by atoms with E-state index in [1.165, 1.54) is 12.1 Å². The smallest absolute Gasteiger partial charge is 0.255 e. The lowest BCUT2D eigenvalue weighted by atomic mass is 10.3. The maximum Gasteiger partial charge on any atom is 0.255 e. The van der Waals surface area contributed by atoms with E-state index in [2.05, 4.69) is 4.98 Å². The van der Waals surface area contributed by atoms with Crippen molar-refractivity contribution in [3.8, 4) is 0 Å². The molecular formula is C6H6N2O3S. The van der Waals surface area contributed by atoms with Gasteiger partial charge < -0.3 is 0 Å². The molecule has 0 aliphatic heterocycles. The lowest BCUT2D eigenvalue weighted by Crippen LogP contribution is -2.13.